The quantitative estimate of drug-likeness (QED) is 0.206. The number of carbonyl (C=O) groups is 2. The average Bonchev–Trinajstić information content (AvgIpc) is 3.51. The molecule has 0 amide bonds. The van der Waals surface area contributed by atoms with Crippen LogP contribution in [0.2, 0.25) is 0 Å². The van der Waals surface area contributed by atoms with Gasteiger partial charge in [-0.2, -0.15) is 0 Å². The fourth-order valence-electron chi connectivity index (χ4n) is 5.52. The van der Waals surface area contributed by atoms with Crippen LogP contribution in [0.5, 0.6) is 0 Å². The van der Waals surface area contributed by atoms with Crippen molar-refractivity contribution in [3.05, 3.63) is 109 Å². The van der Waals surface area contributed by atoms with E-state index in [1.165, 1.54) is 14.2 Å². The Morgan fingerprint density at radius 2 is 0.952 bits per heavy atom. The highest BCUT2D eigenvalue weighted by atomic mass is 16.5. The second-order valence-electron chi connectivity index (χ2n) is 9.69. The normalized spacial score (nSPS) is 11.4. The molecule has 0 saturated heterocycles. The third kappa shape index (κ3) is 4.83. The molecule has 0 bridgehead atoms. The minimum absolute atomic E-state index is 0.0225. The number of hydrogen-bond donors (Lipinski definition) is 0. The van der Waals surface area contributed by atoms with E-state index in [1.807, 2.05) is 94.1 Å². The first-order chi connectivity index (χ1) is 20.6. The number of esters is 2. The zero-order valence-electron chi connectivity index (χ0n) is 23.2. The maximum atomic E-state index is 12.7. The molecule has 0 aliphatic rings. The Morgan fingerprint density at radius 1 is 0.595 bits per heavy atom. The number of ether oxygens (including phenoxy) is 2. The molecule has 8 nitrogen and oxygen atoms in total. The Hall–Kier alpha value is -5.50. The second kappa shape index (κ2) is 11.5. The molecule has 2 aromatic carbocycles. The largest absolute Gasteiger partial charge is 0.468 e. The Balaban J connectivity index is 1.62. The predicted molar refractivity (Wildman–Crippen MR) is 163 cm³/mol. The van der Waals surface area contributed by atoms with Gasteiger partial charge in [-0.3, -0.25) is 19.6 Å². The lowest BCUT2D eigenvalue weighted by Crippen LogP contribution is -2.14. The molecule has 4 aromatic heterocycles. The summed E-state index contributed by atoms with van der Waals surface area (Å²) in [6, 6.07) is 23.8. The summed E-state index contributed by atoms with van der Waals surface area (Å²) in [6.45, 7) is 0.0450. The molecule has 0 spiro atoms. The first-order valence-electron chi connectivity index (χ1n) is 13.5. The lowest BCUT2D eigenvalue weighted by molar-refractivity contribution is -0.142. The second-order valence-corrected chi connectivity index (χ2v) is 9.69. The lowest BCUT2D eigenvalue weighted by Gasteiger charge is -2.12. The van der Waals surface area contributed by atoms with Crippen molar-refractivity contribution in [1.82, 2.24) is 19.1 Å². The van der Waals surface area contributed by atoms with Crippen LogP contribution in [0, 0.1) is 0 Å². The average molecular weight is 557 g/mol. The molecule has 0 fully saturated rings. The molecule has 6 aromatic rings. The van der Waals surface area contributed by atoms with Crippen LogP contribution in [-0.2, 0) is 32.2 Å². The predicted octanol–water partition coefficient (Wildman–Crippen LogP) is 6.24. The Bertz CT molecular complexity index is 1800. The molecular weight excluding hydrogens is 528 g/mol. The number of hydrogen-bond acceptors (Lipinski definition) is 6. The van der Waals surface area contributed by atoms with Gasteiger partial charge in [0.1, 0.15) is 13.1 Å². The highest BCUT2D eigenvalue weighted by Gasteiger charge is 2.21. The summed E-state index contributed by atoms with van der Waals surface area (Å²) < 4.78 is 14.1. The van der Waals surface area contributed by atoms with Crippen molar-refractivity contribution in [2.75, 3.05) is 14.2 Å². The number of benzene rings is 2. The van der Waals surface area contributed by atoms with E-state index in [1.54, 1.807) is 24.8 Å². The summed E-state index contributed by atoms with van der Waals surface area (Å²) in [4.78, 5) is 33.7. The van der Waals surface area contributed by atoms with Crippen molar-refractivity contribution in [2.45, 2.75) is 13.1 Å². The van der Waals surface area contributed by atoms with E-state index < -0.39 is 0 Å². The van der Waals surface area contributed by atoms with E-state index in [2.05, 4.69) is 9.97 Å². The Morgan fingerprint density at radius 3 is 1.31 bits per heavy atom. The molecule has 0 unspecified atom stereocenters. The van der Waals surface area contributed by atoms with Crippen LogP contribution in [0.3, 0.4) is 0 Å². The van der Waals surface area contributed by atoms with Crippen LogP contribution >= 0.6 is 0 Å². The fourth-order valence-corrected chi connectivity index (χ4v) is 5.52. The highest BCUT2D eigenvalue weighted by Crippen LogP contribution is 2.38. The van der Waals surface area contributed by atoms with E-state index in [-0.39, 0.29) is 25.0 Å². The lowest BCUT2D eigenvalue weighted by atomic mass is 10.1. The third-order valence-electron chi connectivity index (χ3n) is 7.37. The van der Waals surface area contributed by atoms with Crippen LogP contribution < -0.4 is 0 Å². The van der Waals surface area contributed by atoms with Gasteiger partial charge in [-0.05, 0) is 36.4 Å². The number of pyridine rings is 2. The number of aromatic nitrogens is 4. The highest BCUT2D eigenvalue weighted by molar-refractivity contribution is 6.06. The number of fused-ring (bicyclic) bond motifs is 2. The minimum atomic E-state index is -0.361. The molecule has 0 atom stereocenters. The van der Waals surface area contributed by atoms with Gasteiger partial charge in [0.15, 0.2) is 0 Å². The SMILES string of the molecule is COC(=O)Cn1c(/C=C/c2c3ccccc3c(-c3ccncc3)n2CC(=O)OC)c2ccccc2c1-c1ccncc1. The summed E-state index contributed by atoms with van der Waals surface area (Å²) in [6.07, 6.45) is 11.0. The molecule has 0 aliphatic heterocycles. The zero-order chi connectivity index (χ0) is 29.1. The molecular formula is C34H28N4O4. The van der Waals surface area contributed by atoms with Gasteiger partial charge < -0.3 is 18.6 Å². The topological polar surface area (TPSA) is 88.2 Å². The summed E-state index contributed by atoms with van der Waals surface area (Å²) in [5, 5.41) is 3.96. The van der Waals surface area contributed by atoms with Crippen molar-refractivity contribution in [2.24, 2.45) is 0 Å². The minimum Gasteiger partial charge on any atom is -0.468 e. The number of rotatable bonds is 8. The molecule has 4 heterocycles. The standard InChI is InChI=1S/C34H28N4O4/c1-41-31(39)21-37-29(25-7-3-5-9-27(25)33(37)23-13-17-35-18-14-23)11-12-30-26-8-4-6-10-28(26)34(24-15-19-36-20-16-24)38(30)22-32(40)42-2/h3-20H,21-22H2,1-2H3/b12-11+. The van der Waals surface area contributed by atoms with Gasteiger partial charge in [-0.1, -0.05) is 48.5 Å². The Labute approximate surface area is 242 Å². The van der Waals surface area contributed by atoms with Crippen molar-refractivity contribution in [3.63, 3.8) is 0 Å². The molecule has 0 saturated carbocycles. The Kier molecular flexibility index (Phi) is 7.34. The van der Waals surface area contributed by atoms with E-state index >= 15 is 0 Å². The first kappa shape index (κ1) is 26.7. The smallest absolute Gasteiger partial charge is 0.325 e. The number of methoxy groups -OCH3 is 2. The van der Waals surface area contributed by atoms with E-state index in [0.717, 1.165) is 55.4 Å². The molecule has 0 aliphatic carbocycles. The van der Waals surface area contributed by atoms with Crippen LogP contribution in [0.1, 0.15) is 11.4 Å². The van der Waals surface area contributed by atoms with Crippen molar-refractivity contribution >= 4 is 45.6 Å². The first-order valence-corrected chi connectivity index (χ1v) is 13.5. The molecule has 6 rings (SSSR count). The number of carbonyl (C=O) groups excluding carboxylic acids is 2. The van der Waals surface area contributed by atoms with E-state index in [9.17, 15) is 9.59 Å². The molecule has 0 N–H and O–H groups in total. The van der Waals surface area contributed by atoms with Gasteiger partial charge in [-0.25, -0.2) is 0 Å². The van der Waals surface area contributed by atoms with Crippen LogP contribution in [0.25, 0.3) is 56.2 Å². The van der Waals surface area contributed by atoms with E-state index in [0.29, 0.717) is 0 Å². The summed E-state index contributed by atoms with van der Waals surface area (Å²) in [5.41, 5.74) is 5.33. The van der Waals surface area contributed by atoms with Crippen LogP contribution in [-0.4, -0.2) is 45.3 Å². The van der Waals surface area contributed by atoms with Crippen molar-refractivity contribution in [3.8, 4) is 22.5 Å². The number of nitrogens with zero attached hydrogens (tertiary/aromatic N) is 4. The maximum absolute atomic E-state index is 12.7. The van der Waals surface area contributed by atoms with Crippen LogP contribution in [0.4, 0.5) is 0 Å². The van der Waals surface area contributed by atoms with Gasteiger partial charge in [0.2, 0.25) is 0 Å². The van der Waals surface area contributed by atoms with Crippen molar-refractivity contribution < 1.29 is 19.1 Å². The molecule has 8 heteroatoms. The van der Waals surface area contributed by atoms with Gasteiger partial charge in [0, 0.05) is 68.8 Å². The van der Waals surface area contributed by atoms with Crippen molar-refractivity contribution in [1.29, 1.82) is 0 Å². The molecule has 0 radical (unpaired) electrons. The fraction of sp³-hybridized carbons (Fsp3) is 0.118. The van der Waals surface area contributed by atoms with Gasteiger partial charge in [-0.15, -0.1) is 0 Å². The van der Waals surface area contributed by atoms with E-state index in [4.69, 9.17) is 9.47 Å². The summed E-state index contributed by atoms with van der Waals surface area (Å²) in [5.74, 6) is -0.723. The molecule has 42 heavy (non-hydrogen) atoms. The molecule has 208 valence electrons. The summed E-state index contributed by atoms with van der Waals surface area (Å²) in [7, 11) is 2.78. The van der Waals surface area contributed by atoms with Gasteiger partial charge >= 0.3 is 11.9 Å². The maximum Gasteiger partial charge on any atom is 0.325 e. The zero-order valence-corrected chi connectivity index (χ0v) is 23.2. The third-order valence-corrected chi connectivity index (χ3v) is 7.37. The summed E-state index contributed by atoms with van der Waals surface area (Å²) >= 11 is 0. The van der Waals surface area contributed by atoms with Gasteiger partial charge in [0.05, 0.1) is 25.6 Å². The monoisotopic (exact) mass is 556 g/mol. The van der Waals surface area contributed by atoms with Gasteiger partial charge in [0.25, 0.3) is 0 Å². The van der Waals surface area contributed by atoms with Crippen LogP contribution in [0.15, 0.2) is 97.6 Å².